The first-order valence-corrected chi connectivity index (χ1v) is 2.71. The monoisotopic (exact) mass is 125 g/mol. The van der Waals surface area contributed by atoms with Crippen LogP contribution < -0.4 is 0 Å². The molecule has 0 bridgehead atoms. The fraction of sp³-hybridized carbons (Fsp3) is 0.250. The normalized spacial score (nSPS) is 15.9. The Morgan fingerprint density at radius 3 is 2.56 bits per heavy atom. The molecule has 0 spiro atoms. The molecule has 1 heteroatoms. The van der Waals surface area contributed by atoms with Gasteiger partial charge in [-0.1, -0.05) is 6.07 Å². The third kappa shape index (κ3) is 1.46. The lowest BCUT2D eigenvalue weighted by molar-refractivity contribution is 0.474. The number of benzene rings is 1. The highest BCUT2D eigenvalue weighted by molar-refractivity contribution is 5.31. The van der Waals surface area contributed by atoms with E-state index in [-0.39, 0.29) is 11.3 Å². The SMILES string of the molecule is [2H]C([2H])([2H])c1cc(C)cc(O)c1. The van der Waals surface area contributed by atoms with Crippen LogP contribution >= 0.6 is 0 Å². The van der Waals surface area contributed by atoms with Crippen LogP contribution in [0.1, 0.15) is 15.2 Å². The van der Waals surface area contributed by atoms with E-state index in [1.807, 2.05) is 0 Å². The molecule has 1 rings (SSSR count). The van der Waals surface area contributed by atoms with Crippen LogP contribution in [0.15, 0.2) is 18.2 Å². The van der Waals surface area contributed by atoms with E-state index < -0.39 is 6.85 Å². The molecule has 0 unspecified atom stereocenters. The number of hydrogen-bond donors (Lipinski definition) is 1. The van der Waals surface area contributed by atoms with Gasteiger partial charge in [0.2, 0.25) is 0 Å². The number of aromatic hydroxyl groups is 1. The van der Waals surface area contributed by atoms with Crippen LogP contribution in [-0.4, -0.2) is 5.11 Å². The fourth-order valence-electron chi connectivity index (χ4n) is 0.763. The molecule has 1 aromatic carbocycles. The standard InChI is InChI=1S/C8H10O/c1-6-3-7(2)5-8(9)4-6/h3-5,9H,1-2H3/i1D3. The van der Waals surface area contributed by atoms with Crippen LogP contribution in [-0.2, 0) is 0 Å². The second-order valence-corrected chi connectivity index (χ2v) is 2.06. The molecule has 0 aliphatic rings. The van der Waals surface area contributed by atoms with Gasteiger partial charge >= 0.3 is 0 Å². The number of hydrogen-bond acceptors (Lipinski definition) is 1. The van der Waals surface area contributed by atoms with Crippen molar-refractivity contribution in [2.45, 2.75) is 13.8 Å². The maximum Gasteiger partial charge on any atom is 0.116 e. The van der Waals surface area contributed by atoms with E-state index in [0.29, 0.717) is 0 Å². The largest absolute Gasteiger partial charge is 0.508 e. The van der Waals surface area contributed by atoms with E-state index in [9.17, 15) is 0 Å². The Bertz CT molecular complexity index is 271. The molecule has 48 valence electrons. The van der Waals surface area contributed by atoms with E-state index in [0.717, 1.165) is 5.56 Å². The van der Waals surface area contributed by atoms with Crippen molar-refractivity contribution in [1.82, 2.24) is 0 Å². The Morgan fingerprint density at radius 2 is 2.00 bits per heavy atom. The molecule has 0 saturated carbocycles. The summed E-state index contributed by atoms with van der Waals surface area (Å²) in [6, 6.07) is 4.34. The first-order chi connectivity index (χ1) is 5.39. The molecular formula is C8H10O. The maximum absolute atomic E-state index is 9.11. The first kappa shape index (κ1) is 3.25. The minimum absolute atomic E-state index is 0.00104. The van der Waals surface area contributed by atoms with Gasteiger partial charge in [-0.05, 0) is 37.0 Å². The van der Waals surface area contributed by atoms with E-state index >= 15 is 0 Å². The molecule has 1 aromatic rings. The van der Waals surface area contributed by atoms with E-state index in [2.05, 4.69) is 0 Å². The van der Waals surface area contributed by atoms with Gasteiger partial charge in [0.25, 0.3) is 0 Å². The Hall–Kier alpha value is -0.980. The predicted octanol–water partition coefficient (Wildman–Crippen LogP) is 2.01. The van der Waals surface area contributed by atoms with Crippen molar-refractivity contribution in [1.29, 1.82) is 0 Å². The summed E-state index contributed by atoms with van der Waals surface area (Å²) in [5.74, 6) is 0.00104. The molecule has 0 saturated heterocycles. The zero-order valence-electron chi connectivity index (χ0n) is 8.18. The minimum Gasteiger partial charge on any atom is -0.508 e. The predicted molar refractivity (Wildman–Crippen MR) is 37.6 cm³/mol. The number of aryl methyl sites for hydroxylation is 2. The van der Waals surface area contributed by atoms with Crippen LogP contribution in [0.25, 0.3) is 0 Å². The van der Waals surface area contributed by atoms with Gasteiger partial charge < -0.3 is 5.11 Å². The molecule has 0 fully saturated rings. The summed E-state index contributed by atoms with van der Waals surface area (Å²) in [4.78, 5) is 0. The van der Waals surface area contributed by atoms with Gasteiger partial charge in [-0.25, -0.2) is 0 Å². The summed E-state index contributed by atoms with van der Waals surface area (Å²) in [6.07, 6.45) is 0. The lowest BCUT2D eigenvalue weighted by Gasteiger charge is -1.95. The Balaban J connectivity index is 3.18. The topological polar surface area (TPSA) is 20.2 Å². The Kier molecular flexibility index (Phi) is 0.758. The molecular weight excluding hydrogens is 112 g/mol. The second kappa shape index (κ2) is 2.09. The van der Waals surface area contributed by atoms with Crippen LogP contribution in [0.2, 0.25) is 0 Å². The average Bonchev–Trinajstić information content (AvgIpc) is 1.82. The summed E-state index contributed by atoms with van der Waals surface area (Å²) in [5, 5.41) is 9.11. The number of rotatable bonds is 0. The second-order valence-electron chi connectivity index (χ2n) is 2.06. The van der Waals surface area contributed by atoms with Gasteiger partial charge in [0.05, 0.1) is 0 Å². The van der Waals surface area contributed by atoms with Crippen molar-refractivity contribution >= 4 is 0 Å². The van der Waals surface area contributed by atoms with Gasteiger partial charge in [-0.2, -0.15) is 0 Å². The van der Waals surface area contributed by atoms with Crippen molar-refractivity contribution in [3.8, 4) is 5.75 Å². The van der Waals surface area contributed by atoms with Crippen LogP contribution in [0, 0.1) is 13.8 Å². The third-order valence-electron chi connectivity index (χ3n) is 1.06. The maximum atomic E-state index is 9.11. The molecule has 0 heterocycles. The molecule has 0 aliphatic carbocycles. The minimum atomic E-state index is -2.14. The molecule has 0 atom stereocenters. The van der Waals surface area contributed by atoms with Crippen LogP contribution in [0.4, 0.5) is 0 Å². The summed E-state index contributed by atoms with van der Waals surface area (Å²) < 4.78 is 21.3. The fourth-order valence-corrected chi connectivity index (χ4v) is 0.763. The summed E-state index contributed by atoms with van der Waals surface area (Å²) in [5.41, 5.74) is 0.932. The highest BCUT2D eigenvalue weighted by Gasteiger charge is 1.89. The lowest BCUT2D eigenvalue weighted by atomic mass is 10.1. The van der Waals surface area contributed by atoms with Crippen molar-refractivity contribution in [3.63, 3.8) is 0 Å². The van der Waals surface area contributed by atoms with E-state index in [1.54, 1.807) is 13.0 Å². The zero-order chi connectivity index (χ0) is 9.35. The lowest BCUT2D eigenvalue weighted by Crippen LogP contribution is -1.74. The quantitative estimate of drug-likeness (QED) is 0.562. The van der Waals surface area contributed by atoms with Crippen molar-refractivity contribution in [2.24, 2.45) is 0 Å². The zero-order valence-corrected chi connectivity index (χ0v) is 5.18. The molecule has 0 radical (unpaired) electrons. The van der Waals surface area contributed by atoms with Gasteiger partial charge in [-0.3, -0.25) is 0 Å². The molecule has 0 aliphatic heterocycles. The molecule has 1 N–H and O–H groups in total. The molecule has 0 aromatic heterocycles. The highest BCUT2D eigenvalue weighted by Crippen LogP contribution is 2.13. The van der Waals surface area contributed by atoms with Gasteiger partial charge in [0, 0.05) is 4.11 Å². The van der Waals surface area contributed by atoms with Gasteiger partial charge in [-0.15, -0.1) is 0 Å². The Morgan fingerprint density at radius 1 is 1.33 bits per heavy atom. The van der Waals surface area contributed by atoms with Gasteiger partial charge in [0.1, 0.15) is 5.75 Å². The van der Waals surface area contributed by atoms with E-state index in [4.69, 9.17) is 9.22 Å². The molecule has 0 amide bonds. The highest BCUT2D eigenvalue weighted by atomic mass is 16.3. The third-order valence-corrected chi connectivity index (χ3v) is 1.06. The molecule has 1 nitrogen and oxygen atoms in total. The van der Waals surface area contributed by atoms with Crippen molar-refractivity contribution in [2.75, 3.05) is 0 Å². The smallest absolute Gasteiger partial charge is 0.116 e. The van der Waals surface area contributed by atoms with Crippen LogP contribution in [0.3, 0.4) is 0 Å². The first-order valence-electron chi connectivity index (χ1n) is 4.21. The summed E-state index contributed by atoms with van der Waals surface area (Å²) >= 11 is 0. The molecule has 9 heavy (non-hydrogen) atoms. The van der Waals surface area contributed by atoms with Gasteiger partial charge in [0.15, 0.2) is 0 Å². The number of phenolic OH excluding ortho intramolecular Hbond substituents is 1. The van der Waals surface area contributed by atoms with Crippen LogP contribution in [0.5, 0.6) is 5.75 Å². The van der Waals surface area contributed by atoms with Crippen molar-refractivity contribution in [3.05, 3.63) is 29.3 Å². The number of phenols is 1. The summed E-state index contributed by atoms with van der Waals surface area (Å²) in [6.45, 7) is -0.390. The Labute approximate surface area is 59.2 Å². The summed E-state index contributed by atoms with van der Waals surface area (Å²) in [7, 11) is 0. The van der Waals surface area contributed by atoms with E-state index in [1.165, 1.54) is 12.1 Å². The average molecular weight is 125 g/mol. The van der Waals surface area contributed by atoms with Crippen molar-refractivity contribution < 1.29 is 9.22 Å².